The lowest BCUT2D eigenvalue weighted by Gasteiger charge is -2.31. The lowest BCUT2D eigenvalue weighted by atomic mass is 10.1. The van der Waals surface area contributed by atoms with Crippen molar-refractivity contribution >= 4 is 12.1 Å². The highest BCUT2D eigenvalue weighted by Crippen LogP contribution is 2.22. The number of carbonyl (C=O) groups is 2. The van der Waals surface area contributed by atoms with E-state index in [1.165, 1.54) is 6.20 Å². The second kappa shape index (κ2) is 8.55. The van der Waals surface area contributed by atoms with E-state index in [1.54, 1.807) is 22.7 Å². The van der Waals surface area contributed by atoms with Gasteiger partial charge in [0.05, 0.1) is 31.0 Å². The molecular formula is C16H25N3O4. The van der Waals surface area contributed by atoms with Crippen molar-refractivity contribution in [1.29, 1.82) is 0 Å². The molecule has 0 saturated carbocycles. The molecular weight excluding hydrogens is 298 g/mol. The van der Waals surface area contributed by atoms with E-state index in [0.29, 0.717) is 31.9 Å². The van der Waals surface area contributed by atoms with Gasteiger partial charge in [0.1, 0.15) is 0 Å². The van der Waals surface area contributed by atoms with Crippen LogP contribution in [0.1, 0.15) is 55.9 Å². The van der Waals surface area contributed by atoms with Crippen molar-refractivity contribution in [2.24, 2.45) is 0 Å². The highest BCUT2D eigenvalue weighted by atomic mass is 16.6. The van der Waals surface area contributed by atoms with Crippen LogP contribution in [0.25, 0.3) is 0 Å². The minimum Gasteiger partial charge on any atom is -0.462 e. The standard InChI is InChI=1S/C16H25N3O4/c1-3-5-10-23-16(21)18-8-6-14(7-9-18)19-12-13(11-17-19)15(20)22-4-2/h11-12,14H,3-10H2,1-2H3. The van der Waals surface area contributed by atoms with Crippen LogP contribution in [-0.2, 0) is 9.47 Å². The van der Waals surface area contributed by atoms with Crippen molar-refractivity contribution in [3.8, 4) is 0 Å². The van der Waals surface area contributed by atoms with Gasteiger partial charge in [-0.15, -0.1) is 0 Å². The van der Waals surface area contributed by atoms with Crippen LogP contribution in [0.15, 0.2) is 12.4 Å². The first-order valence-corrected chi connectivity index (χ1v) is 8.28. The van der Waals surface area contributed by atoms with Gasteiger partial charge >= 0.3 is 12.1 Å². The summed E-state index contributed by atoms with van der Waals surface area (Å²) in [6.07, 6.45) is 6.52. The van der Waals surface area contributed by atoms with Gasteiger partial charge in [0.25, 0.3) is 0 Å². The van der Waals surface area contributed by atoms with Crippen LogP contribution in [0.5, 0.6) is 0 Å². The Morgan fingerprint density at radius 1 is 1.26 bits per heavy atom. The third-order valence-corrected chi connectivity index (χ3v) is 3.93. The summed E-state index contributed by atoms with van der Waals surface area (Å²) in [5.41, 5.74) is 0.466. The van der Waals surface area contributed by atoms with Gasteiger partial charge in [-0.1, -0.05) is 13.3 Å². The Bertz CT molecular complexity index is 521. The molecule has 2 rings (SSSR count). The van der Waals surface area contributed by atoms with Gasteiger partial charge in [0.2, 0.25) is 0 Å². The second-order valence-electron chi connectivity index (χ2n) is 5.62. The molecule has 0 atom stereocenters. The fraction of sp³-hybridized carbons (Fsp3) is 0.688. The Morgan fingerprint density at radius 3 is 2.65 bits per heavy atom. The van der Waals surface area contributed by atoms with E-state index in [2.05, 4.69) is 12.0 Å². The zero-order valence-corrected chi connectivity index (χ0v) is 13.9. The number of carbonyl (C=O) groups excluding carboxylic acids is 2. The van der Waals surface area contributed by atoms with Crippen LogP contribution in [0.2, 0.25) is 0 Å². The van der Waals surface area contributed by atoms with Crippen molar-refractivity contribution in [2.75, 3.05) is 26.3 Å². The number of nitrogens with zero attached hydrogens (tertiary/aromatic N) is 3. The molecule has 1 fully saturated rings. The van der Waals surface area contributed by atoms with E-state index in [4.69, 9.17) is 9.47 Å². The molecule has 1 aliphatic heterocycles. The smallest absolute Gasteiger partial charge is 0.409 e. The van der Waals surface area contributed by atoms with E-state index in [1.807, 2.05) is 0 Å². The number of amides is 1. The normalized spacial score (nSPS) is 15.5. The number of rotatable bonds is 6. The van der Waals surface area contributed by atoms with Crippen LogP contribution >= 0.6 is 0 Å². The molecule has 0 spiro atoms. The van der Waals surface area contributed by atoms with E-state index >= 15 is 0 Å². The van der Waals surface area contributed by atoms with Crippen molar-refractivity contribution < 1.29 is 19.1 Å². The molecule has 1 saturated heterocycles. The second-order valence-corrected chi connectivity index (χ2v) is 5.62. The molecule has 7 heteroatoms. The molecule has 0 aliphatic carbocycles. The molecule has 1 aliphatic rings. The Labute approximate surface area is 136 Å². The predicted molar refractivity (Wildman–Crippen MR) is 84.3 cm³/mol. The van der Waals surface area contributed by atoms with Crippen molar-refractivity contribution in [3.05, 3.63) is 18.0 Å². The van der Waals surface area contributed by atoms with Crippen LogP contribution in [-0.4, -0.2) is 53.0 Å². The Morgan fingerprint density at radius 2 is 2.00 bits per heavy atom. The average molecular weight is 323 g/mol. The molecule has 1 aromatic rings. The topological polar surface area (TPSA) is 73.7 Å². The molecule has 2 heterocycles. The molecule has 0 N–H and O–H groups in total. The third kappa shape index (κ3) is 4.71. The molecule has 23 heavy (non-hydrogen) atoms. The highest BCUT2D eigenvalue weighted by Gasteiger charge is 2.25. The predicted octanol–water partition coefficient (Wildman–Crippen LogP) is 2.63. The summed E-state index contributed by atoms with van der Waals surface area (Å²) in [5, 5.41) is 4.25. The van der Waals surface area contributed by atoms with Gasteiger partial charge in [-0.25, -0.2) is 9.59 Å². The third-order valence-electron chi connectivity index (χ3n) is 3.93. The van der Waals surface area contributed by atoms with Crippen LogP contribution < -0.4 is 0 Å². The maximum absolute atomic E-state index is 11.9. The van der Waals surface area contributed by atoms with Gasteiger partial charge in [-0.3, -0.25) is 4.68 Å². The average Bonchev–Trinajstić information content (AvgIpc) is 3.05. The number of piperidine rings is 1. The number of esters is 1. The summed E-state index contributed by atoms with van der Waals surface area (Å²) in [6, 6.07) is 0.192. The number of hydrogen-bond acceptors (Lipinski definition) is 5. The first-order chi connectivity index (χ1) is 11.2. The maximum Gasteiger partial charge on any atom is 0.409 e. The molecule has 128 valence electrons. The highest BCUT2D eigenvalue weighted by molar-refractivity contribution is 5.88. The minimum absolute atomic E-state index is 0.192. The Kier molecular flexibility index (Phi) is 6.43. The number of ether oxygens (including phenoxy) is 2. The van der Waals surface area contributed by atoms with E-state index in [-0.39, 0.29) is 18.1 Å². The Hall–Kier alpha value is -2.05. The van der Waals surface area contributed by atoms with E-state index in [0.717, 1.165) is 25.7 Å². The zero-order chi connectivity index (χ0) is 16.7. The summed E-state index contributed by atoms with van der Waals surface area (Å²) in [7, 11) is 0. The fourth-order valence-corrected chi connectivity index (χ4v) is 2.57. The zero-order valence-electron chi connectivity index (χ0n) is 13.9. The summed E-state index contributed by atoms with van der Waals surface area (Å²) < 4.78 is 12.0. The van der Waals surface area contributed by atoms with Crippen LogP contribution in [0.3, 0.4) is 0 Å². The molecule has 0 bridgehead atoms. The summed E-state index contributed by atoms with van der Waals surface area (Å²) in [4.78, 5) is 25.3. The Balaban J connectivity index is 1.82. The largest absolute Gasteiger partial charge is 0.462 e. The van der Waals surface area contributed by atoms with Gasteiger partial charge in [0.15, 0.2) is 0 Å². The van der Waals surface area contributed by atoms with E-state index < -0.39 is 0 Å². The van der Waals surface area contributed by atoms with Crippen molar-refractivity contribution in [3.63, 3.8) is 0 Å². The van der Waals surface area contributed by atoms with Gasteiger partial charge in [0, 0.05) is 19.3 Å². The van der Waals surface area contributed by atoms with Crippen molar-refractivity contribution in [2.45, 2.75) is 45.6 Å². The van der Waals surface area contributed by atoms with Gasteiger partial charge < -0.3 is 14.4 Å². The van der Waals surface area contributed by atoms with Crippen LogP contribution in [0.4, 0.5) is 4.79 Å². The number of hydrogen-bond donors (Lipinski definition) is 0. The van der Waals surface area contributed by atoms with Gasteiger partial charge in [-0.2, -0.15) is 5.10 Å². The molecule has 0 radical (unpaired) electrons. The maximum atomic E-state index is 11.9. The summed E-state index contributed by atoms with van der Waals surface area (Å²) >= 11 is 0. The fourth-order valence-electron chi connectivity index (χ4n) is 2.57. The number of unbranched alkanes of at least 4 members (excludes halogenated alkanes) is 1. The monoisotopic (exact) mass is 323 g/mol. The quantitative estimate of drug-likeness (QED) is 0.594. The number of aromatic nitrogens is 2. The molecule has 7 nitrogen and oxygen atoms in total. The molecule has 1 aromatic heterocycles. The lowest BCUT2D eigenvalue weighted by Crippen LogP contribution is -2.39. The molecule has 1 amide bonds. The SMILES string of the molecule is CCCCOC(=O)N1CCC(n2cc(C(=O)OCC)cn2)CC1. The lowest BCUT2D eigenvalue weighted by molar-refractivity contribution is 0.0526. The molecule has 0 unspecified atom stereocenters. The minimum atomic E-state index is -0.351. The van der Waals surface area contributed by atoms with Gasteiger partial charge in [-0.05, 0) is 26.2 Å². The van der Waals surface area contributed by atoms with E-state index in [9.17, 15) is 9.59 Å². The number of likely N-dealkylation sites (tertiary alicyclic amines) is 1. The molecule has 0 aromatic carbocycles. The van der Waals surface area contributed by atoms with Crippen LogP contribution in [0, 0.1) is 0 Å². The summed E-state index contributed by atoms with van der Waals surface area (Å²) in [5.74, 6) is -0.351. The van der Waals surface area contributed by atoms with Crippen molar-refractivity contribution in [1.82, 2.24) is 14.7 Å². The summed E-state index contributed by atoms with van der Waals surface area (Å²) in [6.45, 7) is 5.96. The first-order valence-electron chi connectivity index (χ1n) is 8.28. The first kappa shape index (κ1) is 17.3.